The van der Waals surface area contributed by atoms with E-state index in [0.29, 0.717) is 24.4 Å². The highest BCUT2D eigenvalue weighted by atomic mass is 16.2. The van der Waals surface area contributed by atoms with Crippen LogP contribution >= 0.6 is 0 Å². The van der Waals surface area contributed by atoms with E-state index in [-0.39, 0.29) is 23.8 Å². The number of nitrogens with zero attached hydrogens (tertiary/aromatic N) is 3. The van der Waals surface area contributed by atoms with Crippen LogP contribution in [0, 0.1) is 18.3 Å². The molecule has 0 aromatic carbocycles. The Morgan fingerprint density at radius 3 is 2.58 bits per heavy atom. The van der Waals surface area contributed by atoms with Crippen molar-refractivity contribution in [2.24, 2.45) is 11.3 Å². The van der Waals surface area contributed by atoms with Crippen LogP contribution in [0.4, 0.5) is 0 Å². The van der Waals surface area contributed by atoms with E-state index in [1.165, 1.54) is 0 Å². The average molecular weight is 454 g/mol. The predicted octanol–water partition coefficient (Wildman–Crippen LogP) is 3.08. The van der Waals surface area contributed by atoms with Crippen molar-refractivity contribution in [2.75, 3.05) is 26.2 Å². The first-order chi connectivity index (χ1) is 15.5. The molecule has 33 heavy (non-hydrogen) atoms. The lowest BCUT2D eigenvalue weighted by atomic mass is 9.57. The van der Waals surface area contributed by atoms with E-state index >= 15 is 0 Å². The van der Waals surface area contributed by atoms with Crippen molar-refractivity contribution in [1.29, 1.82) is 0 Å². The number of carbonyl (C=O) groups is 2. The second kappa shape index (κ2) is 10.1. The van der Waals surface area contributed by atoms with E-state index in [1.807, 2.05) is 63.6 Å². The van der Waals surface area contributed by atoms with Crippen LogP contribution in [0.25, 0.3) is 5.70 Å². The molecule has 1 aromatic heterocycles. The molecule has 1 aromatic rings. The number of amides is 2. The van der Waals surface area contributed by atoms with Crippen LogP contribution in [0.3, 0.4) is 0 Å². The lowest BCUT2D eigenvalue weighted by Crippen LogP contribution is -2.64. The van der Waals surface area contributed by atoms with Gasteiger partial charge in [0, 0.05) is 30.9 Å². The van der Waals surface area contributed by atoms with Gasteiger partial charge in [-0.15, -0.1) is 0 Å². The zero-order valence-electron chi connectivity index (χ0n) is 20.8. The maximum Gasteiger partial charge on any atom is 0.234 e. The molecule has 180 valence electrons. The maximum absolute atomic E-state index is 12.5. The number of hydrogen-bond donors (Lipinski definition) is 2. The van der Waals surface area contributed by atoms with Gasteiger partial charge in [-0.05, 0) is 77.0 Å². The molecule has 1 aliphatic carbocycles. The molecule has 1 spiro atoms. The summed E-state index contributed by atoms with van der Waals surface area (Å²) in [5, 5.41) is 10.7. The van der Waals surface area contributed by atoms with Crippen LogP contribution in [0.15, 0.2) is 36.9 Å². The zero-order valence-corrected chi connectivity index (χ0v) is 20.8. The molecule has 3 rings (SSSR count). The normalized spacial score (nSPS) is 18.8. The first kappa shape index (κ1) is 25.0. The van der Waals surface area contributed by atoms with Crippen molar-refractivity contribution < 1.29 is 9.59 Å². The van der Waals surface area contributed by atoms with Crippen LogP contribution in [0.2, 0.25) is 0 Å². The minimum absolute atomic E-state index is 0.00674. The Morgan fingerprint density at radius 2 is 1.97 bits per heavy atom. The minimum Gasteiger partial charge on any atom is -0.355 e. The molecule has 7 nitrogen and oxygen atoms in total. The first-order valence-corrected chi connectivity index (χ1v) is 11.8. The number of likely N-dealkylation sites (tertiary alicyclic amines) is 1. The lowest BCUT2D eigenvalue weighted by Gasteiger charge is -2.59. The molecule has 2 heterocycles. The molecule has 2 fully saturated rings. The van der Waals surface area contributed by atoms with Crippen LogP contribution in [0.5, 0.6) is 0 Å². The van der Waals surface area contributed by atoms with Gasteiger partial charge in [-0.3, -0.25) is 14.5 Å². The smallest absolute Gasteiger partial charge is 0.234 e. The second-order valence-corrected chi connectivity index (χ2v) is 10.7. The van der Waals surface area contributed by atoms with Gasteiger partial charge in [0.1, 0.15) is 0 Å². The van der Waals surface area contributed by atoms with Gasteiger partial charge in [0.2, 0.25) is 11.8 Å². The fraction of sp³-hybridized carbons (Fsp3) is 0.577. The molecular formula is C26H39N5O2. The molecule has 0 unspecified atom stereocenters. The van der Waals surface area contributed by atoms with E-state index < -0.39 is 0 Å². The average Bonchev–Trinajstić information content (AvgIpc) is 3.00. The molecule has 2 N–H and O–H groups in total. The fourth-order valence-electron chi connectivity index (χ4n) is 5.03. The monoisotopic (exact) mass is 453 g/mol. The first-order valence-electron chi connectivity index (χ1n) is 11.8. The number of hydrogen-bond acceptors (Lipinski definition) is 4. The third-order valence-electron chi connectivity index (χ3n) is 6.22. The van der Waals surface area contributed by atoms with E-state index in [9.17, 15) is 9.59 Å². The Morgan fingerprint density at radius 1 is 1.27 bits per heavy atom. The van der Waals surface area contributed by atoms with Crippen LogP contribution < -0.4 is 10.6 Å². The summed E-state index contributed by atoms with van der Waals surface area (Å²) < 4.78 is 1.81. The molecule has 1 aliphatic heterocycles. The molecule has 0 atom stereocenters. The molecule has 0 bridgehead atoms. The van der Waals surface area contributed by atoms with E-state index in [1.54, 1.807) is 6.08 Å². The summed E-state index contributed by atoms with van der Waals surface area (Å²) in [5.74, 6) is 0.623. The SMILES string of the molecule is C=C/C(=C\C=C/C)n1nc(CC(=O)NCC2CC3(C2)CN(CC(=O)NC(C)(C)C)C3)cc1C. The maximum atomic E-state index is 12.5. The standard InChI is InChI=1S/C26H39N5O2/c1-7-9-10-22(8-2)31-19(3)11-21(29-31)12-23(32)27-15-20-13-26(14-20)17-30(18-26)16-24(33)28-25(4,5)6/h7-11,20H,2,12-18H2,1,3-6H3,(H,27,32)(H,28,33)/b9-7-,22-10+. The van der Waals surface area contributed by atoms with Crippen molar-refractivity contribution >= 4 is 17.5 Å². The Balaban J connectivity index is 1.38. The van der Waals surface area contributed by atoms with E-state index in [2.05, 4.69) is 27.2 Å². The Hall–Kier alpha value is -2.67. The number of carbonyl (C=O) groups excluding carboxylic acids is 2. The molecular weight excluding hydrogens is 414 g/mol. The van der Waals surface area contributed by atoms with Crippen LogP contribution in [-0.2, 0) is 16.0 Å². The zero-order chi connectivity index (χ0) is 24.2. The third kappa shape index (κ3) is 6.67. The number of aromatic nitrogens is 2. The van der Waals surface area contributed by atoms with Crippen molar-refractivity contribution in [3.05, 3.63) is 48.3 Å². The third-order valence-corrected chi connectivity index (χ3v) is 6.22. The quantitative estimate of drug-likeness (QED) is 0.563. The summed E-state index contributed by atoms with van der Waals surface area (Å²) in [6.07, 6.45) is 10.1. The number of aryl methyl sites for hydroxylation is 1. The Kier molecular flexibility index (Phi) is 7.62. The van der Waals surface area contributed by atoms with Gasteiger partial charge in [0.15, 0.2) is 0 Å². The summed E-state index contributed by atoms with van der Waals surface area (Å²) in [5.41, 5.74) is 2.77. The molecule has 7 heteroatoms. The summed E-state index contributed by atoms with van der Waals surface area (Å²) in [7, 11) is 0. The molecule has 1 saturated carbocycles. The molecule has 0 radical (unpaired) electrons. The summed E-state index contributed by atoms with van der Waals surface area (Å²) >= 11 is 0. The van der Waals surface area contributed by atoms with E-state index in [4.69, 9.17) is 0 Å². The van der Waals surface area contributed by atoms with Gasteiger partial charge in [-0.25, -0.2) is 4.68 Å². The largest absolute Gasteiger partial charge is 0.355 e. The summed E-state index contributed by atoms with van der Waals surface area (Å²) in [6, 6.07) is 1.95. The number of rotatable bonds is 9. The van der Waals surface area contributed by atoms with Crippen molar-refractivity contribution in [3.8, 4) is 0 Å². The van der Waals surface area contributed by atoms with Crippen molar-refractivity contribution in [1.82, 2.24) is 25.3 Å². The van der Waals surface area contributed by atoms with Crippen LogP contribution in [-0.4, -0.2) is 58.2 Å². The highest BCUT2D eigenvalue weighted by Gasteiger charge is 2.52. The van der Waals surface area contributed by atoms with Gasteiger partial charge >= 0.3 is 0 Å². The fourth-order valence-corrected chi connectivity index (χ4v) is 5.03. The highest BCUT2D eigenvalue weighted by Crippen LogP contribution is 2.51. The van der Waals surface area contributed by atoms with Gasteiger partial charge < -0.3 is 10.6 Å². The minimum atomic E-state index is -0.187. The summed E-state index contributed by atoms with van der Waals surface area (Å²) in [6.45, 7) is 17.0. The lowest BCUT2D eigenvalue weighted by molar-refractivity contribution is -0.134. The topological polar surface area (TPSA) is 79.3 Å². The van der Waals surface area contributed by atoms with Gasteiger partial charge in [0.25, 0.3) is 0 Å². The van der Waals surface area contributed by atoms with E-state index in [0.717, 1.165) is 43.0 Å². The Bertz CT molecular complexity index is 936. The van der Waals surface area contributed by atoms with Crippen molar-refractivity contribution in [2.45, 2.75) is 59.4 Å². The Labute approximate surface area is 198 Å². The second-order valence-electron chi connectivity index (χ2n) is 10.7. The number of nitrogens with one attached hydrogen (secondary N) is 2. The highest BCUT2D eigenvalue weighted by molar-refractivity contribution is 5.79. The predicted molar refractivity (Wildman–Crippen MR) is 132 cm³/mol. The molecule has 1 saturated heterocycles. The van der Waals surface area contributed by atoms with Gasteiger partial charge in [0.05, 0.1) is 24.4 Å². The van der Waals surface area contributed by atoms with Gasteiger partial charge in [-0.2, -0.15) is 5.10 Å². The molecule has 2 aliphatic rings. The molecule has 2 amide bonds. The van der Waals surface area contributed by atoms with Gasteiger partial charge in [-0.1, -0.05) is 18.7 Å². The number of allylic oxidation sites excluding steroid dienone is 5. The summed E-state index contributed by atoms with van der Waals surface area (Å²) in [4.78, 5) is 26.8. The van der Waals surface area contributed by atoms with Crippen LogP contribution in [0.1, 0.15) is 51.9 Å². The van der Waals surface area contributed by atoms with Crippen molar-refractivity contribution in [3.63, 3.8) is 0 Å².